The van der Waals surface area contributed by atoms with Gasteiger partial charge in [-0.15, -0.1) is 0 Å². The van der Waals surface area contributed by atoms with Crippen LogP contribution in [-0.2, 0) is 0 Å². The fraction of sp³-hybridized carbons (Fsp3) is 0. The van der Waals surface area contributed by atoms with Crippen LogP contribution in [0.2, 0.25) is 0 Å². The normalized spacial score (nSPS) is 11.5. The zero-order chi connectivity index (χ0) is 52.9. The topological polar surface area (TPSA) is 61.4 Å². The van der Waals surface area contributed by atoms with Gasteiger partial charge in [-0.3, -0.25) is 0 Å². The van der Waals surface area contributed by atoms with Gasteiger partial charge in [0.2, 0.25) is 0 Å². The number of para-hydroxylation sites is 2. The minimum Gasteiger partial charge on any atom is -0.309 e. The monoisotopic (exact) mass is 1020 g/mol. The standard InChI is InChI=1S/C74H48N6/c1-7-23-49(24-8-1)55-39-41-70-60(43-55)61-44-56(50-25-9-2-10-26-50)40-42-71(61)80(70)72-62(73-75-64(51-27-11-3-12-28-51)47-65(76-73)52-29-13-4-14-30-52)45-57(79-68-37-21-19-35-58(68)59-36-20-22-38-69(59)79)46-63(72)74-77-66(53-31-15-5-16-32-53)48-67(78-74)54-33-17-6-18-34-54/h1-48H. The number of nitrogens with zero attached hydrogens (tertiary/aromatic N) is 6. The highest BCUT2D eigenvalue weighted by molar-refractivity contribution is 6.13. The summed E-state index contributed by atoms with van der Waals surface area (Å²) in [5.41, 5.74) is 19.3. The van der Waals surface area contributed by atoms with E-state index in [1.54, 1.807) is 0 Å². The molecule has 0 bridgehead atoms. The summed E-state index contributed by atoms with van der Waals surface area (Å²) in [6, 6.07) is 103. The highest BCUT2D eigenvalue weighted by Crippen LogP contribution is 2.46. The molecule has 0 aliphatic heterocycles. The van der Waals surface area contributed by atoms with Crippen molar-refractivity contribution in [3.63, 3.8) is 0 Å². The maximum atomic E-state index is 5.68. The largest absolute Gasteiger partial charge is 0.309 e. The van der Waals surface area contributed by atoms with Gasteiger partial charge < -0.3 is 9.13 Å². The van der Waals surface area contributed by atoms with E-state index in [9.17, 15) is 0 Å². The van der Waals surface area contributed by atoms with Gasteiger partial charge >= 0.3 is 0 Å². The van der Waals surface area contributed by atoms with Crippen LogP contribution in [0.15, 0.2) is 291 Å². The number of fused-ring (bicyclic) bond motifs is 6. The van der Waals surface area contributed by atoms with Crippen molar-refractivity contribution in [3.8, 4) is 101 Å². The average molecular weight is 1020 g/mol. The molecule has 15 rings (SSSR count). The van der Waals surface area contributed by atoms with Crippen LogP contribution in [0, 0.1) is 0 Å². The Morgan fingerprint density at radius 2 is 0.512 bits per heavy atom. The van der Waals surface area contributed by atoms with Gasteiger partial charge in [-0.25, -0.2) is 19.9 Å². The molecule has 0 atom stereocenters. The van der Waals surface area contributed by atoms with Crippen LogP contribution < -0.4 is 0 Å². The van der Waals surface area contributed by atoms with Crippen molar-refractivity contribution in [2.75, 3.05) is 0 Å². The molecule has 6 heteroatoms. The molecule has 374 valence electrons. The van der Waals surface area contributed by atoms with Gasteiger partial charge in [-0.05, 0) is 82.9 Å². The second-order valence-corrected chi connectivity index (χ2v) is 20.2. The Kier molecular flexibility index (Phi) is 11.4. The Hall–Kier alpha value is -10.8. The molecule has 6 nitrogen and oxygen atoms in total. The molecule has 15 aromatic rings. The van der Waals surface area contributed by atoms with Crippen LogP contribution in [0.3, 0.4) is 0 Å². The van der Waals surface area contributed by atoms with Gasteiger partial charge in [0.25, 0.3) is 0 Å². The molecule has 4 aromatic heterocycles. The fourth-order valence-electron chi connectivity index (χ4n) is 11.6. The zero-order valence-corrected chi connectivity index (χ0v) is 43.4. The lowest BCUT2D eigenvalue weighted by atomic mass is 10.00. The summed E-state index contributed by atoms with van der Waals surface area (Å²) < 4.78 is 4.81. The number of rotatable bonds is 10. The first-order valence-electron chi connectivity index (χ1n) is 27.0. The quantitative estimate of drug-likeness (QED) is 0.137. The minimum absolute atomic E-state index is 0.559. The Morgan fingerprint density at radius 3 is 0.863 bits per heavy atom. The van der Waals surface area contributed by atoms with E-state index in [4.69, 9.17) is 19.9 Å². The molecule has 11 aromatic carbocycles. The van der Waals surface area contributed by atoms with E-state index in [1.165, 1.54) is 0 Å². The van der Waals surface area contributed by atoms with Crippen molar-refractivity contribution in [3.05, 3.63) is 291 Å². The number of hydrogen-bond acceptors (Lipinski definition) is 4. The maximum Gasteiger partial charge on any atom is 0.162 e. The van der Waals surface area contributed by atoms with Crippen molar-refractivity contribution in [1.82, 2.24) is 29.1 Å². The van der Waals surface area contributed by atoms with Gasteiger partial charge in [0.05, 0.1) is 50.5 Å². The predicted molar refractivity (Wildman–Crippen MR) is 330 cm³/mol. The molecular formula is C74H48N6. The van der Waals surface area contributed by atoms with E-state index in [-0.39, 0.29) is 0 Å². The second-order valence-electron chi connectivity index (χ2n) is 20.2. The summed E-state index contributed by atoms with van der Waals surface area (Å²) in [5, 5.41) is 4.53. The highest BCUT2D eigenvalue weighted by atomic mass is 15.0. The molecular weight excluding hydrogens is 973 g/mol. The molecule has 0 aliphatic rings. The third-order valence-electron chi connectivity index (χ3n) is 15.3. The van der Waals surface area contributed by atoms with Gasteiger partial charge in [0.15, 0.2) is 11.6 Å². The van der Waals surface area contributed by atoms with Crippen molar-refractivity contribution in [2.24, 2.45) is 0 Å². The third kappa shape index (κ3) is 8.22. The first kappa shape index (κ1) is 46.5. The second kappa shape index (κ2) is 19.6. The summed E-state index contributed by atoms with van der Waals surface area (Å²) in [4.78, 5) is 22.7. The number of aromatic nitrogens is 6. The highest BCUT2D eigenvalue weighted by Gasteiger charge is 2.27. The average Bonchev–Trinajstić information content (AvgIpc) is 4.26. The third-order valence-corrected chi connectivity index (χ3v) is 15.3. The molecule has 0 saturated carbocycles. The van der Waals surface area contributed by atoms with Crippen molar-refractivity contribution < 1.29 is 0 Å². The van der Waals surface area contributed by atoms with Gasteiger partial charge in [0.1, 0.15) is 0 Å². The first-order valence-corrected chi connectivity index (χ1v) is 27.0. The lowest BCUT2D eigenvalue weighted by molar-refractivity contribution is 1.10. The Balaban J connectivity index is 1.14. The number of benzene rings is 11. The van der Waals surface area contributed by atoms with E-state index in [2.05, 4.69) is 276 Å². The van der Waals surface area contributed by atoms with Gasteiger partial charge in [-0.1, -0.05) is 231 Å². The Labute approximate surface area is 462 Å². The lowest BCUT2D eigenvalue weighted by Gasteiger charge is -2.22. The first-order chi connectivity index (χ1) is 39.7. The predicted octanol–water partition coefficient (Wildman–Crippen LogP) is 18.8. The molecule has 0 spiro atoms. The molecule has 0 radical (unpaired) electrons. The molecule has 0 unspecified atom stereocenters. The molecule has 80 heavy (non-hydrogen) atoms. The zero-order valence-electron chi connectivity index (χ0n) is 43.4. The van der Waals surface area contributed by atoms with Gasteiger partial charge in [0, 0.05) is 60.6 Å². The van der Waals surface area contributed by atoms with E-state index < -0.39 is 0 Å². The summed E-state index contributed by atoms with van der Waals surface area (Å²) >= 11 is 0. The summed E-state index contributed by atoms with van der Waals surface area (Å²) in [6.45, 7) is 0. The van der Waals surface area contributed by atoms with Crippen LogP contribution >= 0.6 is 0 Å². The smallest absolute Gasteiger partial charge is 0.162 e. The van der Waals surface area contributed by atoms with Crippen LogP contribution in [0.5, 0.6) is 0 Å². The molecule has 0 aliphatic carbocycles. The molecule has 0 amide bonds. The number of hydrogen-bond donors (Lipinski definition) is 0. The SMILES string of the molecule is c1ccc(-c2ccc3c(c2)c2cc(-c4ccccc4)ccc2n3-c2c(-c3nc(-c4ccccc4)cc(-c4ccccc4)n3)cc(-n3c4ccccc4c4ccccc43)cc2-c2nc(-c3ccccc3)cc(-c3ccccc3)n2)cc1. The molecule has 4 heterocycles. The molecule has 0 fully saturated rings. The lowest BCUT2D eigenvalue weighted by Crippen LogP contribution is -2.08. The summed E-state index contributed by atoms with van der Waals surface area (Å²) in [6.07, 6.45) is 0. The van der Waals surface area contributed by atoms with Crippen molar-refractivity contribution >= 4 is 43.6 Å². The van der Waals surface area contributed by atoms with Crippen LogP contribution in [-0.4, -0.2) is 29.1 Å². The van der Waals surface area contributed by atoms with Crippen molar-refractivity contribution in [2.45, 2.75) is 0 Å². The van der Waals surface area contributed by atoms with E-state index in [0.717, 1.165) is 133 Å². The fourth-order valence-corrected chi connectivity index (χ4v) is 11.6. The van der Waals surface area contributed by atoms with Gasteiger partial charge in [-0.2, -0.15) is 0 Å². The van der Waals surface area contributed by atoms with Crippen molar-refractivity contribution in [1.29, 1.82) is 0 Å². The molecule has 0 saturated heterocycles. The minimum atomic E-state index is 0.559. The Morgan fingerprint density at radius 1 is 0.212 bits per heavy atom. The Bertz CT molecular complexity index is 4370. The van der Waals surface area contributed by atoms with E-state index in [0.29, 0.717) is 11.6 Å². The van der Waals surface area contributed by atoms with Crippen LogP contribution in [0.25, 0.3) is 145 Å². The van der Waals surface area contributed by atoms with E-state index >= 15 is 0 Å². The van der Waals surface area contributed by atoms with E-state index in [1.807, 2.05) is 24.3 Å². The molecule has 0 N–H and O–H groups in total. The van der Waals surface area contributed by atoms with Crippen LogP contribution in [0.4, 0.5) is 0 Å². The summed E-state index contributed by atoms with van der Waals surface area (Å²) in [7, 11) is 0. The van der Waals surface area contributed by atoms with Crippen LogP contribution in [0.1, 0.15) is 0 Å². The maximum absolute atomic E-state index is 5.68. The summed E-state index contributed by atoms with van der Waals surface area (Å²) in [5.74, 6) is 1.12.